The highest BCUT2D eigenvalue weighted by atomic mass is 32.2. The standard InChI is InChI=1S/C19H20FNO4S/c1-12(13-7-9-14(20)10-8-13)19(22)21-16-11-25-17-6-4-3-5-15(17)18(16)26(2,23)24/h3-10,12,16,18H,11H2,1-2H3,(H,21,22)/t12-,16?,18?/m0/s1. The zero-order chi connectivity index (χ0) is 18.9. The molecule has 1 amide bonds. The second-order valence-electron chi connectivity index (χ2n) is 6.49. The second-order valence-corrected chi connectivity index (χ2v) is 8.65. The minimum absolute atomic E-state index is 0.0661. The molecule has 2 unspecified atom stereocenters. The zero-order valence-electron chi connectivity index (χ0n) is 14.5. The number of amides is 1. The van der Waals surface area contributed by atoms with Crippen LogP contribution in [0.1, 0.15) is 29.2 Å². The van der Waals surface area contributed by atoms with E-state index in [0.717, 1.165) is 6.26 Å². The normalized spacial score (nSPS) is 20.6. The smallest absolute Gasteiger partial charge is 0.227 e. The topological polar surface area (TPSA) is 72.5 Å². The van der Waals surface area contributed by atoms with E-state index in [1.165, 1.54) is 12.1 Å². The lowest BCUT2D eigenvalue weighted by molar-refractivity contribution is -0.123. The molecule has 138 valence electrons. The number of fused-ring (bicyclic) bond motifs is 1. The first-order valence-electron chi connectivity index (χ1n) is 8.24. The molecule has 2 aromatic carbocycles. The summed E-state index contributed by atoms with van der Waals surface area (Å²) in [6, 6.07) is 11.9. The first-order chi connectivity index (χ1) is 12.3. The molecule has 7 heteroatoms. The van der Waals surface area contributed by atoms with E-state index >= 15 is 0 Å². The largest absolute Gasteiger partial charge is 0.491 e. The first kappa shape index (κ1) is 18.4. The third kappa shape index (κ3) is 3.72. The van der Waals surface area contributed by atoms with Gasteiger partial charge in [0.15, 0.2) is 9.84 Å². The predicted molar refractivity (Wildman–Crippen MR) is 96.3 cm³/mol. The molecule has 0 bridgehead atoms. The monoisotopic (exact) mass is 377 g/mol. The van der Waals surface area contributed by atoms with Gasteiger partial charge in [0.25, 0.3) is 0 Å². The third-order valence-electron chi connectivity index (χ3n) is 4.56. The van der Waals surface area contributed by atoms with Crippen molar-refractivity contribution in [3.63, 3.8) is 0 Å². The van der Waals surface area contributed by atoms with Gasteiger partial charge in [-0.1, -0.05) is 30.3 Å². The summed E-state index contributed by atoms with van der Waals surface area (Å²) in [6.07, 6.45) is 1.16. The van der Waals surface area contributed by atoms with Gasteiger partial charge in [-0.15, -0.1) is 0 Å². The summed E-state index contributed by atoms with van der Waals surface area (Å²) in [5, 5.41) is 1.91. The number of sulfone groups is 1. The van der Waals surface area contributed by atoms with E-state index in [1.807, 2.05) is 0 Å². The van der Waals surface area contributed by atoms with Gasteiger partial charge in [0, 0.05) is 11.8 Å². The molecular formula is C19H20FNO4S. The molecule has 1 N–H and O–H groups in total. The molecule has 5 nitrogen and oxygen atoms in total. The van der Waals surface area contributed by atoms with Crippen LogP contribution in [-0.4, -0.2) is 33.2 Å². The Balaban J connectivity index is 1.84. The number of carbonyl (C=O) groups is 1. The SMILES string of the molecule is C[C@H](C(=O)NC1COc2ccccc2C1S(C)(=O)=O)c1ccc(F)cc1. The number of ether oxygens (including phenoxy) is 1. The number of hydrogen-bond donors (Lipinski definition) is 1. The fourth-order valence-electron chi connectivity index (χ4n) is 3.19. The Labute approximate surface area is 152 Å². The molecule has 0 spiro atoms. The van der Waals surface area contributed by atoms with Gasteiger partial charge in [-0.05, 0) is 30.7 Å². The molecule has 1 heterocycles. The van der Waals surface area contributed by atoms with Gasteiger partial charge in [0.2, 0.25) is 5.91 Å². The first-order valence-corrected chi connectivity index (χ1v) is 10.2. The summed E-state index contributed by atoms with van der Waals surface area (Å²) in [7, 11) is -3.47. The number of benzene rings is 2. The van der Waals surface area contributed by atoms with Crippen molar-refractivity contribution in [3.8, 4) is 5.75 Å². The van der Waals surface area contributed by atoms with Gasteiger partial charge < -0.3 is 10.1 Å². The lowest BCUT2D eigenvalue weighted by Crippen LogP contribution is -2.48. The van der Waals surface area contributed by atoms with E-state index in [2.05, 4.69) is 5.32 Å². The van der Waals surface area contributed by atoms with Crippen LogP contribution in [0.3, 0.4) is 0 Å². The van der Waals surface area contributed by atoms with E-state index in [4.69, 9.17) is 4.74 Å². The highest BCUT2D eigenvalue weighted by Crippen LogP contribution is 2.37. The van der Waals surface area contributed by atoms with Crippen molar-refractivity contribution >= 4 is 15.7 Å². The van der Waals surface area contributed by atoms with Crippen molar-refractivity contribution in [3.05, 3.63) is 65.5 Å². The van der Waals surface area contributed by atoms with Gasteiger partial charge in [-0.3, -0.25) is 4.79 Å². The molecule has 0 radical (unpaired) electrons. The summed E-state index contributed by atoms with van der Waals surface area (Å²) < 4.78 is 43.4. The summed E-state index contributed by atoms with van der Waals surface area (Å²) in [5.74, 6) is -0.748. The molecule has 1 aliphatic heterocycles. The number of carbonyl (C=O) groups excluding carboxylic acids is 1. The zero-order valence-corrected chi connectivity index (χ0v) is 15.3. The lowest BCUT2D eigenvalue weighted by Gasteiger charge is -2.33. The van der Waals surface area contributed by atoms with Gasteiger partial charge in [0.05, 0.1) is 12.0 Å². The second kappa shape index (κ2) is 7.07. The van der Waals surface area contributed by atoms with Crippen molar-refractivity contribution < 1.29 is 22.3 Å². The van der Waals surface area contributed by atoms with E-state index in [0.29, 0.717) is 16.9 Å². The van der Waals surface area contributed by atoms with Crippen molar-refractivity contribution in [2.24, 2.45) is 0 Å². The van der Waals surface area contributed by atoms with E-state index in [9.17, 15) is 17.6 Å². The Morgan fingerprint density at radius 1 is 1.19 bits per heavy atom. The number of para-hydroxylation sites is 1. The Morgan fingerprint density at radius 3 is 2.50 bits per heavy atom. The average molecular weight is 377 g/mol. The Morgan fingerprint density at radius 2 is 1.85 bits per heavy atom. The molecular weight excluding hydrogens is 357 g/mol. The van der Waals surface area contributed by atoms with Crippen molar-refractivity contribution in [1.82, 2.24) is 5.32 Å². The highest BCUT2D eigenvalue weighted by molar-refractivity contribution is 7.91. The van der Waals surface area contributed by atoms with Crippen LogP contribution in [0.15, 0.2) is 48.5 Å². The molecule has 26 heavy (non-hydrogen) atoms. The van der Waals surface area contributed by atoms with Gasteiger partial charge in [0.1, 0.15) is 23.4 Å². The van der Waals surface area contributed by atoms with Crippen LogP contribution in [0.25, 0.3) is 0 Å². The molecule has 0 saturated carbocycles. The quantitative estimate of drug-likeness (QED) is 0.889. The number of hydrogen-bond acceptors (Lipinski definition) is 4. The van der Waals surface area contributed by atoms with Crippen molar-refractivity contribution in [2.75, 3.05) is 12.9 Å². The predicted octanol–water partition coefficient (Wildman–Crippen LogP) is 2.59. The molecule has 2 aromatic rings. The maximum atomic E-state index is 13.1. The lowest BCUT2D eigenvalue weighted by atomic mass is 9.98. The maximum Gasteiger partial charge on any atom is 0.227 e. The molecule has 0 saturated heterocycles. The van der Waals surface area contributed by atoms with Crippen LogP contribution < -0.4 is 10.1 Å². The number of halogens is 1. The summed E-state index contributed by atoms with van der Waals surface area (Å²) in [4.78, 5) is 12.6. The number of rotatable bonds is 4. The Kier molecular flexibility index (Phi) is 5.00. The fraction of sp³-hybridized carbons (Fsp3) is 0.316. The molecule has 3 atom stereocenters. The Hall–Kier alpha value is -2.41. The molecule has 0 aliphatic carbocycles. The Bertz CT molecular complexity index is 911. The van der Waals surface area contributed by atoms with Crippen LogP contribution in [0.2, 0.25) is 0 Å². The summed E-state index contributed by atoms with van der Waals surface area (Å²) in [5.41, 5.74) is 1.19. The fourth-order valence-corrected chi connectivity index (χ4v) is 4.59. The van der Waals surface area contributed by atoms with Crippen LogP contribution >= 0.6 is 0 Å². The number of nitrogens with one attached hydrogen (secondary N) is 1. The summed E-state index contributed by atoms with van der Waals surface area (Å²) in [6.45, 7) is 1.76. The van der Waals surface area contributed by atoms with Crippen LogP contribution in [0, 0.1) is 5.82 Å². The summed E-state index contributed by atoms with van der Waals surface area (Å²) >= 11 is 0. The molecule has 1 aliphatic rings. The van der Waals surface area contributed by atoms with Crippen LogP contribution in [-0.2, 0) is 14.6 Å². The van der Waals surface area contributed by atoms with Crippen LogP contribution in [0.5, 0.6) is 5.75 Å². The molecule has 3 rings (SSSR count). The van der Waals surface area contributed by atoms with E-state index in [-0.39, 0.29) is 18.3 Å². The highest BCUT2D eigenvalue weighted by Gasteiger charge is 2.39. The van der Waals surface area contributed by atoms with Crippen LogP contribution in [0.4, 0.5) is 4.39 Å². The maximum absolute atomic E-state index is 13.1. The molecule has 0 fully saturated rings. The average Bonchev–Trinajstić information content (AvgIpc) is 2.60. The van der Waals surface area contributed by atoms with Gasteiger partial charge >= 0.3 is 0 Å². The van der Waals surface area contributed by atoms with E-state index in [1.54, 1.807) is 43.3 Å². The minimum atomic E-state index is -3.47. The van der Waals surface area contributed by atoms with Gasteiger partial charge in [-0.2, -0.15) is 0 Å². The third-order valence-corrected chi connectivity index (χ3v) is 6.07. The van der Waals surface area contributed by atoms with Crippen molar-refractivity contribution in [1.29, 1.82) is 0 Å². The molecule has 0 aromatic heterocycles. The van der Waals surface area contributed by atoms with Gasteiger partial charge in [-0.25, -0.2) is 12.8 Å². The van der Waals surface area contributed by atoms with Crippen molar-refractivity contribution in [2.45, 2.75) is 24.1 Å². The van der Waals surface area contributed by atoms with E-state index < -0.39 is 27.0 Å². The minimum Gasteiger partial charge on any atom is -0.491 e.